The van der Waals surface area contributed by atoms with E-state index in [1.807, 2.05) is 60.7 Å². The van der Waals surface area contributed by atoms with Gasteiger partial charge in [0.05, 0.1) is 0 Å². The first kappa shape index (κ1) is 31.1. The van der Waals surface area contributed by atoms with Crippen LogP contribution in [0, 0.1) is 43.1 Å². The molecule has 0 unspecified atom stereocenters. The van der Waals surface area contributed by atoms with Crippen molar-refractivity contribution in [1.82, 2.24) is 0 Å². The maximum atomic E-state index is 5.13. The van der Waals surface area contributed by atoms with Crippen LogP contribution in [-0.2, 0) is 21.7 Å². The molecule has 32 heavy (non-hydrogen) atoms. The van der Waals surface area contributed by atoms with Gasteiger partial charge in [0.1, 0.15) is 0 Å². The number of nitrogens with zero attached hydrogens (tertiary/aromatic N) is 1. The first-order valence-corrected chi connectivity index (χ1v) is 13.9. The Kier molecular flexibility index (Phi) is 13.3. The van der Waals surface area contributed by atoms with Gasteiger partial charge in [0.15, 0.2) is 0 Å². The van der Waals surface area contributed by atoms with E-state index in [1.54, 1.807) is 5.54 Å². The Balaban J connectivity index is 0.000000525. The van der Waals surface area contributed by atoms with E-state index < -0.39 is 8.24 Å². The molecule has 0 atom stereocenters. The fourth-order valence-electron chi connectivity index (χ4n) is 3.99. The van der Waals surface area contributed by atoms with Crippen molar-refractivity contribution in [3.8, 4) is 0 Å². The zero-order valence-corrected chi connectivity index (χ0v) is 24.2. The van der Waals surface area contributed by atoms with Gasteiger partial charge in [-0.25, -0.2) is 0 Å². The summed E-state index contributed by atoms with van der Waals surface area (Å²) in [6.07, 6.45) is 0. The molecule has 0 aliphatic heterocycles. The van der Waals surface area contributed by atoms with Gasteiger partial charge in [0.2, 0.25) is 0 Å². The normalized spacial score (nSPS) is 16.4. The molecule has 0 aromatic heterocycles. The van der Waals surface area contributed by atoms with Crippen LogP contribution in [0.5, 0.6) is 0 Å². The topological polar surface area (TPSA) is 14.1 Å². The van der Waals surface area contributed by atoms with Crippen molar-refractivity contribution in [1.29, 1.82) is 0 Å². The van der Waals surface area contributed by atoms with Crippen molar-refractivity contribution in [2.75, 3.05) is 0 Å². The Hall–Kier alpha value is -0.929. The quantitative estimate of drug-likeness (QED) is 0.302. The summed E-state index contributed by atoms with van der Waals surface area (Å²) in [6, 6.07) is 19.7. The standard InChI is InChI=1S/C15H27NSi.2C7H7.Ti/c1-10-11(2)13(4)14(12(10)3)17(8,9)16-15(5,6)7;2*1-7-5-3-2-4-6-7;/h1-9H3;2*2-6H,1H2;/q3*-1;+4. The van der Waals surface area contributed by atoms with Crippen LogP contribution in [-0.4, -0.2) is 13.8 Å². The molecule has 0 heterocycles. The average molecular weight is 480 g/mol. The van der Waals surface area contributed by atoms with Gasteiger partial charge in [0, 0.05) is 0 Å². The summed E-state index contributed by atoms with van der Waals surface area (Å²) in [5, 5.41) is 0. The summed E-state index contributed by atoms with van der Waals surface area (Å²) in [5.74, 6) is 5.87. The van der Waals surface area contributed by atoms with E-state index in [1.165, 1.54) is 23.7 Å². The minimum Gasteiger partial charge on any atom is -0.659 e. The van der Waals surface area contributed by atoms with Crippen LogP contribution >= 0.6 is 0 Å². The first-order valence-electron chi connectivity index (χ1n) is 11.0. The monoisotopic (exact) mass is 479 g/mol. The van der Waals surface area contributed by atoms with Gasteiger partial charge in [-0.05, 0) is 29.2 Å². The van der Waals surface area contributed by atoms with Gasteiger partial charge < -0.3 is 4.98 Å². The third kappa shape index (κ3) is 10.3. The van der Waals surface area contributed by atoms with Crippen LogP contribution in [0.4, 0.5) is 0 Å². The Morgan fingerprint density at radius 2 is 0.938 bits per heavy atom. The summed E-state index contributed by atoms with van der Waals surface area (Å²) in [7, 11) is -1.69. The van der Waals surface area contributed by atoms with Crippen LogP contribution < -0.4 is 0 Å². The van der Waals surface area contributed by atoms with E-state index in [2.05, 4.69) is 75.4 Å². The van der Waals surface area contributed by atoms with Crippen LogP contribution in [0.2, 0.25) is 13.1 Å². The van der Waals surface area contributed by atoms with E-state index in [4.69, 9.17) is 4.98 Å². The second-order valence-electron chi connectivity index (χ2n) is 9.69. The molecule has 0 bridgehead atoms. The summed E-state index contributed by atoms with van der Waals surface area (Å²) < 4.78 is 0. The fraction of sp³-hybridized carbons (Fsp3) is 0.345. The SMILES string of the molecule is C[C]1[C](C)[C](C)[C]([Si](C)(C)[N-]C(C)(C)C)[C]1C.[CH2-]c1ccccc1.[CH2-]c1ccccc1.[Ti+4]. The van der Waals surface area contributed by atoms with Gasteiger partial charge >= 0.3 is 21.7 Å². The predicted octanol–water partition coefficient (Wildman–Crippen LogP) is 8.60. The van der Waals surface area contributed by atoms with Gasteiger partial charge in [-0.2, -0.15) is 49.2 Å². The number of benzene rings is 2. The minimum absolute atomic E-state index is 0. The zero-order valence-electron chi connectivity index (χ0n) is 21.6. The van der Waals surface area contributed by atoms with Gasteiger partial charge in [-0.15, -0.1) is 29.8 Å². The number of hydrogen-bond donors (Lipinski definition) is 0. The van der Waals surface area contributed by atoms with Crippen molar-refractivity contribution in [3.05, 3.63) is 120 Å². The van der Waals surface area contributed by atoms with E-state index in [0.717, 1.165) is 11.1 Å². The molecule has 1 aliphatic carbocycles. The van der Waals surface area contributed by atoms with E-state index in [9.17, 15) is 0 Å². The molecule has 3 rings (SSSR count). The molecule has 1 nitrogen and oxygen atoms in total. The summed E-state index contributed by atoms with van der Waals surface area (Å²) >= 11 is 0. The third-order valence-corrected chi connectivity index (χ3v) is 8.55. The van der Waals surface area contributed by atoms with Crippen LogP contribution in [0.1, 0.15) is 59.6 Å². The van der Waals surface area contributed by atoms with E-state index >= 15 is 0 Å². The predicted molar refractivity (Wildman–Crippen MR) is 141 cm³/mol. The van der Waals surface area contributed by atoms with Crippen molar-refractivity contribution in [2.24, 2.45) is 0 Å². The second kappa shape index (κ2) is 13.7. The van der Waals surface area contributed by atoms with Crippen LogP contribution in [0.25, 0.3) is 4.98 Å². The summed E-state index contributed by atoms with van der Waals surface area (Å²) in [5.41, 5.74) is 3.76. The molecular weight excluding hydrogens is 438 g/mol. The van der Waals surface area contributed by atoms with Crippen molar-refractivity contribution >= 4 is 8.24 Å². The maximum absolute atomic E-state index is 5.13. The van der Waals surface area contributed by atoms with Crippen molar-refractivity contribution < 1.29 is 21.7 Å². The Morgan fingerprint density at radius 3 is 1.16 bits per heavy atom. The molecule has 0 amide bonds. The third-order valence-electron chi connectivity index (χ3n) is 5.35. The smallest absolute Gasteiger partial charge is 0.659 e. The van der Waals surface area contributed by atoms with Crippen LogP contribution in [0.3, 0.4) is 0 Å². The Bertz CT molecular complexity index is 687. The molecule has 169 valence electrons. The summed E-state index contributed by atoms with van der Waals surface area (Å²) in [6.45, 7) is 27.8. The zero-order chi connectivity index (χ0) is 23.8. The largest absolute Gasteiger partial charge is 4.00 e. The average Bonchev–Trinajstić information content (AvgIpc) is 2.85. The van der Waals surface area contributed by atoms with Gasteiger partial charge in [-0.3, -0.25) is 0 Å². The molecule has 1 aliphatic rings. The van der Waals surface area contributed by atoms with Gasteiger partial charge in [-0.1, -0.05) is 81.9 Å². The fourth-order valence-corrected chi connectivity index (χ4v) is 7.99. The number of rotatable bonds is 2. The van der Waals surface area contributed by atoms with E-state index in [0.29, 0.717) is 0 Å². The second-order valence-corrected chi connectivity index (χ2v) is 13.5. The molecular formula is C29H41NSiTi+. The van der Waals surface area contributed by atoms with Crippen molar-refractivity contribution in [3.63, 3.8) is 0 Å². The van der Waals surface area contributed by atoms with Gasteiger partial charge in [0.25, 0.3) is 0 Å². The molecule has 1 saturated carbocycles. The summed E-state index contributed by atoms with van der Waals surface area (Å²) in [4.78, 5) is 5.13. The molecule has 0 spiro atoms. The Labute approximate surface area is 216 Å². The first-order chi connectivity index (χ1) is 14.3. The molecule has 1 fully saturated rings. The molecule has 2 aromatic rings. The van der Waals surface area contributed by atoms with Crippen LogP contribution in [0.15, 0.2) is 60.7 Å². The molecule has 2 aromatic carbocycles. The Morgan fingerprint density at radius 1 is 0.625 bits per heavy atom. The van der Waals surface area contributed by atoms with E-state index in [-0.39, 0.29) is 27.3 Å². The molecule has 0 saturated heterocycles. The van der Waals surface area contributed by atoms with Crippen molar-refractivity contribution in [2.45, 2.75) is 67.1 Å². The molecule has 0 N–H and O–H groups in total. The maximum Gasteiger partial charge on any atom is 4.00 e. The molecule has 3 heteroatoms. The number of hydrogen-bond acceptors (Lipinski definition) is 0. The minimum atomic E-state index is -1.69. The molecule has 5 radical (unpaired) electrons.